The summed E-state index contributed by atoms with van der Waals surface area (Å²) in [6.45, 7) is 6.82. The molecule has 0 saturated heterocycles. The summed E-state index contributed by atoms with van der Waals surface area (Å²) >= 11 is 0. The Balaban J connectivity index is 2.35. The maximum Gasteiger partial charge on any atom is 0.125 e. The van der Waals surface area contributed by atoms with Gasteiger partial charge in [-0.2, -0.15) is 0 Å². The molecule has 1 saturated carbocycles. The number of rotatable bonds is 4. The lowest BCUT2D eigenvalue weighted by Crippen LogP contribution is -2.19. The molecule has 1 atom stereocenters. The average molecular weight is 232 g/mol. The maximum absolute atomic E-state index is 5.68. The molecule has 1 aliphatic rings. The highest BCUT2D eigenvalue weighted by Gasteiger charge is 2.27. The van der Waals surface area contributed by atoms with Gasteiger partial charge in [-0.3, -0.25) is 0 Å². The van der Waals surface area contributed by atoms with Gasteiger partial charge in [-0.25, -0.2) is 0 Å². The summed E-state index contributed by atoms with van der Waals surface area (Å²) in [6.07, 6.45) is 4.17. The predicted octanol–water partition coefficient (Wildman–Crippen LogP) is 4.72. The van der Waals surface area contributed by atoms with Crippen LogP contribution >= 0.6 is 0 Å². The van der Waals surface area contributed by atoms with Gasteiger partial charge in [0.1, 0.15) is 5.75 Å². The molecule has 1 heteroatoms. The fraction of sp³-hybridized carbons (Fsp3) is 0.625. The molecular weight excluding hydrogens is 208 g/mol. The van der Waals surface area contributed by atoms with Crippen molar-refractivity contribution in [2.75, 3.05) is 7.11 Å². The number of benzene rings is 1. The van der Waals surface area contributed by atoms with Crippen molar-refractivity contribution in [3.8, 4) is 5.75 Å². The van der Waals surface area contributed by atoms with Gasteiger partial charge >= 0.3 is 0 Å². The normalized spacial score (nSPS) is 17.9. The van der Waals surface area contributed by atoms with Gasteiger partial charge in [0.05, 0.1) is 7.11 Å². The molecule has 94 valence electrons. The van der Waals surface area contributed by atoms with Crippen LogP contribution in [-0.2, 0) is 0 Å². The minimum atomic E-state index is 0.526. The van der Waals surface area contributed by atoms with E-state index in [9.17, 15) is 0 Å². The summed E-state index contributed by atoms with van der Waals surface area (Å²) in [6, 6.07) is 6.62. The predicted molar refractivity (Wildman–Crippen MR) is 72.8 cm³/mol. The molecule has 1 fully saturated rings. The van der Waals surface area contributed by atoms with Crippen LogP contribution in [0.4, 0.5) is 0 Å². The summed E-state index contributed by atoms with van der Waals surface area (Å²) in [5, 5.41) is 0. The standard InChI is InChI=1S/C16H24O/c1-11(2)14-9-6-10-15(16(14)17-4)12(3)13-7-5-8-13/h6,9-13H,5,7-8H2,1-4H3/t12-/m1/s1. The molecule has 1 aliphatic carbocycles. The second-order valence-electron chi connectivity index (χ2n) is 5.60. The Morgan fingerprint density at radius 2 is 1.76 bits per heavy atom. The molecule has 0 N–H and O–H groups in total. The minimum absolute atomic E-state index is 0.526. The zero-order valence-electron chi connectivity index (χ0n) is 11.5. The van der Waals surface area contributed by atoms with Gasteiger partial charge in [0.2, 0.25) is 0 Å². The Morgan fingerprint density at radius 3 is 2.24 bits per heavy atom. The van der Waals surface area contributed by atoms with Gasteiger partial charge in [-0.05, 0) is 41.7 Å². The summed E-state index contributed by atoms with van der Waals surface area (Å²) in [5.41, 5.74) is 2.75. The van der Waals surface area contributed by atoms with E-state index in [-0.39, 0.29) is 0 Å². The molecular formula is C16H24O. The molecule has 0 unspecified atom stereocenters. The highest BCUT2D eigenvalue weighted by atomic mass is 16.5. The van der Waals surface area contributed by atoms with Gasteiger partial charge in [0.25, 0.3) is 0 Å². The number of ether oxygens (including phenoxy) is 1. The van der Waals surface area contributed by atoms with Crippen LogP contribution in [0.15, 0.2) is 18.2 Å². The maximum atomic E-state index is 5.68. The quantitative estimate of drug-likeness (QED) is 0.729. The Morgan fingerprint density at radius 1 is 1.12 bits per heavy atom. The Kier molecular flexibility index (Phi) is 3.76. The Bertz CT molecular complexity index is 377. The fourth-order valence-corrected chi connectivity index (χ4v) is 2.82. The van der Waals surface area contributed by atoms with Crippen LogP contribution in [0.2, 0.25) is 0 Å². The molecule has 0 heterocycles. The second kappa shape index (κ2) is 5.12. The molecule has 0 spiro atoms. The van der Waals surface area contributed by atoms with Crippen molar-refractivity contribution in [2.45, 2.75) is 51.9 Å². The Labute approximate surface area is 105 Å². The number of hydrogen-bond donors (Lipinski definition) is 0. The lowest BCUT2D eigenvalue weighted by Gasteiger charge is -2.33. The first-order valence-electron chi connectivity index (χ1n) is 6.82. The van der Waals surface area contributed by atoms with E-state index in [1.54, 1.807) is 7.11 Å². The number of hydrogen-bond acceptors (Lipinski definition) is 1. The van der Waals surface area contributed by atoms with Gasteiger partial charge in [0, 0.05) is 0 Å². The monoisotopic (exact) mass is 232 g/mol. The smallest absolute Gasteiger partial charge is 0.125 e. The summed E-state index contributed by atoms with van der Waals surface area (Å²) in [5.74, 6) is 3.16. The van der Waals surface area contributed by atoms with Crippen LogP contribution in [0.25, 0.3) is 0 Å². The fourth-order valence-electron chi connectivity index (χ4n) is 2.82. The van der Waals surface area contributed by atoms with Crippen molar-refractivity contribution in [2.24, 2.45) is 5.92 Å². The van der Waals surface area contributed by atoms with Gasteiger partial charge in [0.15, 0.2) is 0 Å². The van der Waals surface area contributed by atoms with E-state index in [2.05, 4.69) is 39.0 Å². The van der Waals surface area contributed by atoms with E-state index in [1.807, 2.05) is 0 Å². The first-order chi connectivity index (χ1) is 8.15. The molecule has 2 rings (SSSR count). The Hall–Kier alpha value is -0.980. The molecule has 1 nitrogen and oxygen atoms in total. The largest absolute Gasteiger partial charge is 0.496 e. The molecule has 17 heavy (non-hydrogen) atoms. The zero-order chi connectivity index (χ0) is 12.4. The first kappa shape index (κ1) is 12.5. The SMILES string of the molecule is COc1c(C(C)C)cccc1[C@H](C)C1CCC1. The van der Waals surface area contributed by atoms with Crippen LogP contribution in [0.5, 0.6) is 5.75 Å². The molecule has 1 aromatic rings. The van der Waals surface area contributed by atoms with E-state index in [0.717, 1.165) is 11.7 Å². The highest BCUT2D eigenvalue weighted by molar-refractivity contribution is 5.45. The van der Waals surface area contributed by atoms with Crippen LogP contribution in [0.3, 0.4) is 0 Å². The summed E-state index contributed by atoms with van der Waals surface area (Å²) < 4.78 is 5.68. The topological polar surface area (TPSA) is 9.23 Å². The zero-order valence-corrected chi connectivity index (χ0v) is 11.5. The molecule has 0 aromatic heterocycles. The third-order valence-corrected chi connectivity index (χ3v) is 4.25. The molecule has 0 bridgehead atoms. The van der Waals surface area contributed by atoms with Crippen molar-refractivity contribution in [1.82, 2.24) is 0 Å². The van der Waals surface area contributed by atoms with Crippen molar-refractivity contribution < 1.29 is 4.74 Å². The van der Waals surface area contributed by atoms with Gasteiger partial charge < -0.3 is 4.74 Å². The number of methoxy groups -OCH3 is 1. The molecule has 0 amide bonds. The van der Waals surface area contributed by atoms with E-state index < -0.39 is 0 Å². The van der Waals surface area contributed by atoms with Gasteiger partial charge in [-0.1, -0.05) is 45.4 Å². The van der Waals surface area contributed by atoms with E-state index in [1.165, 1.54) is 30.4 Å². The first-order valence-corrected chi connectivity index (χ1v) is 6.82. The second-order valence-corrected chi connectivity index (χ2v) is 5.60. The van der Waals surface area contributed by atoms with Crippen molar-refractivity contribution >= 4 is 0 Å². The third kappa shape index (κ3) is 2.34. The van der Waals surface area contributed by atoms with Crippen LogP contribution < -0.4 is 4.74 Å². The number of para-hydroxylation sites is 1. The van der Waals surface area contributed by atoms with Gasteiger partial charge in [-0.15, -0.1) is 0 Å². The minimum Gasteiger partial charge on any atom is -0.496 e. The van der Waals surface area contributed by atoms with Crippen LogP contribution in [0.1, 0.15) is 63.0 Å². The van der Waals surface area contributed by atoms with Crippen molar-refractivity contribution in [3.05, 3.63) is 29.3 Å². The van der Waals surface area contributed by atoms with E-state index in [0.29, 0.717) is 11.8 Å². The summed E-state index contributed by atoms with van der Waals surface area (Å²) in [7, 11) is 1.80. The van der Waals surface area contributed by atoms with E-state index in [4.69, 9.17) is 4.74 Å². The molecule has 1 aromatic carbocycles. The average Bonchev–Trinajstić information content (AvgIpc) is 2.25. The lowest BCUT2D eigenvalue weighted by atomic mass is 9.73. The van der Waals surface area contributed by atoms with Crippen LogP contribution in [-0.4, -0.2) is 7.11 Å². The molecule has 0 radical (unpaired) electrons. The summed E-state index contributed by atoms with van der Waals surface area (Å²) in [4.78, 5) is 0. The van der Waals surface area contributed by atoms with Crippen molar-refractivity contribution in [3.63, 3.8) is 0 Å². The van der Waals surface area contributed by atoms with Crippen molar-refractivity contribution in [1.29, 1.82) is 0 Å². The van der Waals surface area contributed by atoms with E-state index >= 15 is 0 Å². The molecule has 0 aliphatic heterocycles. The lowest BCUT2D eigenvalue weighted by molar-refractivity contribution is 0.267. The highest BCUT2D eigenvalue weighted by Crippen LogP contribution is 2.43. The third-order valence-electron chi connectivity index (χ3n) is 4.25. The van der Waals surface area contributed by atoms with Crippen LogP contribution in [0, 0.1) is 5.92 Å².